The van der Waals surface area contributed by atoms with Crippen molar-refractivity contribution in [3.05, 3.63) is 95.3 Å². The fourth-order valence-corrected chi connectivity index (χ4v) is 3.62. The second-order valence-corrected chi connectivity index (χ2v) is 7.07. The standard InChI is InChI=1S/C24H20N2O5/c1-31-19-11-7-16(8-12-19)22(28)20-21(15-5-9-18(27)10-6-15)26(24(30)23(20)29)14-17-4-2-3-13-25-17/h2-13,21,27-28H,14H2,1H3/b22-20+. The van der Waals surface area contributed by atoms with Crippen LogP contribution in [0.4, 0.5) is 0 Å². The number of ketones is 1. The Morgan fingerprint density at radius 2 is 1.74 bits per heavy atom. The van der Waals surface area contributed by atoms with Crippen LogP contribution in [0.25, 0.3) is 5.76 Å². The Bertz CT molecular complexity index is 1140. The molecule has 1 fully saturated rings. The van der Waals surface area contributed by atoms with Crippen molar-refractivity contribution in [1.82, 2.24) is 9.88 Å². The van der Waals surface area contributed by atoms with E-state index in [4.69, 9.17) is 4.74 Å². The lowest BCUT2D eigenvalue weighted by Crippen LogP contribution is -2.29. The van der Waals surface area contributed by atoms with Crippen LogP contribution in [0, 0.1) is 0 Å². The third kappa shape index (κ3) is 3.85. The molecule has 1 aliphatic heterocycles. The van der Waals surface area contributed by atoms with Gasteiger partial charge in [-0.3, -0.25) is 14.6 Å². The molecule has 1 aliphatic rings. The number of Topliss-reactive ketones (excluding diaryl/α,β-unsaturated/α-hetero) is 1. The highest BCUT2D eigenvalue weighted by molar-refractivity contribution is 6.46. The Morgan fingerprint density at radius 1 is 1.03 bits per heavy atom. The first-order valence-corrected chi connectivity index (χ1v) is 9.61. The SMILES string of the molecule is COc1ccc(/C(O)=C2\C(=O)C(=O)N(Cc3ccccn3)C2c2ccc(O)cc2)cc1. The highest BCUT2D eigenvalue weighted by Gasteiger charge is 2.46. The number of hydrogen-bond acceptors (Lipinski definition) is 6. The lowest BCUT2D eigenvalue weighted by molar-refractivity contribution is -0.140. The second kappa shape index (κ2) is 8.31. The summed E-state index contributed by atoms with van der Waals surface area (Å²) in [5.74, 6) is -1.12. The van der Waals surface area contributed by atoms with Crippen molar-refractivity contribution >= 4 is 17.4 Å². The maximum atomic E-state index is 13.0. The number of nitrogens with zero attached hydrogens (tertiary/aromatic N) is 2. The van der Waals surface area contributed by atoms with Gasteiger partial charge in [-0.1, -0.05) is 18.2 Å². The molecule has 1 unspecified atom stereocenters. The number of aromatic nitrogens is 1. The van der Waals surface area contributed by atoms with Crippen LogP contribution in [0.1, 0.15) is 22.9 Å². The van der Waals surface area contributed by atoms with Crippen LogP contribution < -0.4 is 4.74 Å². The summed E-state index contributed by atoms with van der Waals surface area (Å²) in [7, 11) is 1.53. The number of likely N-dealkylation sites (tertiary alicyclic amines) is 1. The van der Waals surface area contributed by atoms with E-state index in [1.165, 1.54) is 24.1 Å². The van der Waals surface area contributed by atoms with Gasteiger partial charge >= 0.3 is 0 Å². The van der Waals surface area contributed by atoms with Crippen molar-refractivity contribution in [3.8, 4) is 11.5 Å². The molecule has 1 aromatic heterocycles. The fraction of sp³-hybridized carbons (Fsp3) is 0.125. The molecule has 1 atom stereocenters. The number of rotatable bonds is 5. The summed E-state index contributed by atoms with van der Waals surface area (Å²) >= 11 is 0. The van der Waals surface area contributed by atoms with Gasteiger partial charge in [-0.15, -0.1) is 0 Å². The molecular formula is C24H20N2O5. The number of hydrogen-bond donors (Lipinski definition) is 2. The summed E-state index contributed by atoms with van der Waals surface area (Å²) in [5, 5.41) is 20.7. The van der Waals surface area contributed by atoms with Gasteiger partial charge in [0.1, 0.15) is 17.3 Å². The topological polar surface area (TPSA) is 100.0 Å². The Balaban J connectivity index is 1.84. The van der Waals surface area contributed by atoms with Gasteiger partial charge in [-0.2, -0.15) is 0 Å². The third-order valence-electron chi connectivity index (χ3n) is 5.17. The summed E-state index contributed by atoms with van der Waals surface area (Å²) in [6, 6.07) is 17.3. The van der Waals surface area contributed by atoms with Crippen molar-refractivity contribution in [2.75, 3.05) is 7.11 Å². The molecule has 1 amide bonds. The van der Waals surface area contributed by atoms with Crippen LogP contribution in [0.3, 0.4) is 0 Å². The normalized spacial score (nSPS) is 17.7. The van der Waals surface area contributed by atoms with E-state index in [2.05, 4.69) is 4.98 Å². The monoisotopic (exact) mass is 416 g/mol. The van der Waals surface area contributed by atoms with Gasteiger partial charge in [-0.25, -0.2) is 0 Å². The van der Waals surface area contributed by atoms with E-state index in [0.29, 0.717) is 22.6 Å². The lowest BCUT2D eigenvalue weighted by Gasteiger charge is -2.25. The molecular weight excluding hydrogens is 396 g/mol. The average molecular weight is 416 g/mol. The van der Waals surface area contributed by atoms with Gasteiger partial charge in [0.15, 0.2) is 0 Å². The number of phenols is 1. The molecule has 0 radical (unpaired) electrons. The number of carbonyl (C=O) groups is 2. The van der Waals surface area contributed by atoms with E-state index in [9.17, 15) is 19.8 Å². The minimum Gasteiger partial charge on any atom is -0.508 e. The fourth-order valence-electron chi connectivity index (χ4n) is 3.62. The zero-order valence-electron chi connectivity index (χ0n) is 16.7. The molecule has 2 N–H and O–H groups in total. The highest BCUT2D eigenvalue weighted by atomic mass is 16.5. The molecule has 0 spiro atoms. The molecule has 0 bridgehead atoms. The largest absolute Gasteiger partial charge is 0.508 e. The summed E-state index contributed by atoms with van der Waals surface area (Å²) < 4.78 is 5.14. The first-order chi connectivity index (χ1) is 15.0. The van der Waals surface area contributed by atoms with Crippen molar-refractivity contribution < 1.29 is 24.5 Å². The van der Waals surface area contributed by atoms with Crippen LogP contribution in [0.2, 0.25) is 0 Å². The quantitative estimate of drug-likeness (QED) is 0.376. The first-order valence-electron chi connectivity index (χ1n) is 9.61. The summed E-state index contributed by atoms with van der Waals surface area (Å²) in [6.07, 6.45) is 1.61. The smallest absolute Gasteiger partial charge is 0.296 e. The van der Waals surface area contributed by atoms with Crippen LogP contribution in [-0.4, -0.2) is 38.9 Å². The Hall–Kier alpha value is -4.13. The number of carbonyl (C=O) groups excluding carboxylic acids is 2. The van der Waals surface area contributed by atoms with E-state index in [-0.39, 0.29) is 23.6 Å². The number of amides is 1. The molecule has 2 heterocycles. The second-order valence-electron chi connectivity index (χ2n) is 7.07. The number of methoxy groups -OCH3 is 1. The van der Waals surface area contributed by atoms with E-state index < -0.39 is 17.7 Å². The number of aromatic hydroxyl groups is 1. The molecule has 31 heavy (non-hydrogen) atoms. The minimum absolute atomic E-state index is 0.0169. The molecule has 0 saturated carbocycles. The number of benzene rings is 2. The van der Waals surface area contributed by atoms with Gasteiger partial charge in [0.25, 0.3) is 11.7 Å². The van der Waals surface area contributed by atoms with E-state index in [1.807, 2.05) is 0 Å². The van der Waals surface area contributed by atoms with Crippen molar-refractivity contribution in [2.45, 2.75) is 12.6 Å². The number of pyridine rings is 1. The van der Waals surface area contributed by atoms with Crippen LogP contribution >= 0.6 is 0 Å². The van der Waals surface area contributed by atoms with Gasteiger partial charge < -0.3 is 19.8 Å². The average Bonchev–Trinajstić information content (AvgIpc) is 3.05. The predicted molar refractivity (Wildman–Crippen MR) is 113 cm³/mol. The Labute approximate surface area is 178 Å². The van der Waals surface area contributed by atoms with Gasteiger partial charge in [0.2, 0.25) is 0 Å². The predicted octanol–water partition coefficient (Wildman–Crippen LogP) is 3.42. The zero-order chi connectivity index (χ0) is 22.0. The van der Waals surface area contributed by atoms with E-state index in [0.717, 1.165) is 0 Å². The molecule has 1 saturated heterocycles. The maximum absolute atomic E-state index is 13.0. The number of phenolic OH excluding ortho intramolecular Hbond substituents is 1. The molecule has 7 nitrogen and oxygen atoms in total. The van der Waals surface area contributed by atoms with Crippen LogP contribution in [-0.2, 0) is 16.1 Å². The highest BCUT2D eigenvalue weighted by Crippen LogP contribution is 2.40. The van der Waals surface area contributed by atoms with Gasteiger partial charge in [0.05, 0.1) is 31.0 Å². The Kier molecular flexibility index (Phi) is 5.41. The number of aliphatic hydroxyl groups is 1. The third-order valence-corrected chi connectivity index (χ3v) is 5.17. The van der Waals surface area contributed by atoms with Crippen molar-refractivity contribution in [2.24, 2.45) is 0 Å². The zero-order valence-corrected chi connectivity index (χ0v) is 16.7. The van der Waals surface area contributed by atoms with Gasteiger partial charge in [-0.05, 0) is 54.1 Å². The summed E-state index contributed by atoms with van der Waals surface area (Å²) in [5.41, 5.74) is 1.57. The molecule has 156 valence electrons. The van der Waals surface area contributed by atoms with Crippen LogP contribution in [0.5, 0.6) is 11.5 Å². The molecule has 3 aromatic rings. The van der Waals surface area contributed by atoms with Gasteiger partial charge in [0, 0.05) is 11.8 Å². The number of ether oxygens (including phenoxy) is 1. The van der Waals surface area contributed by atoms with Crippen molar-refractivity contribution in [1.29, 1.82) is 0 Å². The molecule has 7 heteroatoms. The summed E-state index contributed by atoms with van der Waals surface area (Å²) in [6.45, 7) is 0.0936. The first kappa shape index (κ1) is 20.2. The molecule has 2 aromatic carbocycles. The molecule has 4 rings (SSSR count). The van der Waals surface area contributed by atoms with E-state index in [1.54, 1.807) is 60.8 Å². The Morgan fingerprint density at radius 3 is 2.35 bits per heavy atom. The number of aliphatic hydroxyl groups excluding tert-OH is 1. The summed E-state index contributed by atoms with van der Waals surface area (Å²) in [4.78, 5) is 31.6. The van der Waals surface area contributed by atoms with Crippen LogP contribution in [0.15, 0.2) is 78.5 Å². The molecule has 0 aliphatic carbocycles. The maximum Gasteiger partial charge on any atom is 0.296 e. The van der Waals surface area contributed by atoms with Crippen molar-refractivity contribution in [3.63, 3.8) is 0 Å². The lowest BCUT2D eigenvalue weighted by atomic mass is 9.95. The minimum atomic E-state index is -0.829. The van der Waals surface area contributed by atoms with E-state index >= 15 is 0 Å².